The molecular formula is C14H16O2. The van der Waals surface area contributed by atoms with Crippen LogP contribution in [0.3, 0.4) is 0 Å². The normalized spacial score (nSPS) is 12.0. The molecule has 84 valence electrons. The maximum absolute atomic E-state index is 11.6. The molecular weight excluding hydrogens is 200 g/mol. The van der Waals surface area contributed by atoms with Gasteiger partial charge in [0, 0.05) is 7.11 Å². The van der Waals surface area contributed by atoms with Crippen molar-refractivity contribution in [3.05, 3.63) is 53.6 Å². The minimum Gasteiger partial charge on any atom is -0.381 e. The van der Waals surface area contributed by atoms with Crippen LogP contribution < -0.4 is 0 Å². The number of ether oxygens (including phenoxy) is 1. The molecule has 0 radical (unpaired) electrons. The third kappa shape index (κ3) is 4.24. The molecule has 0 atom stereocenters. The van der Waals surface area contributed by atoms with Crippen molar-refractivity contribution in [2.45, 2.75) is 6.92 Å². The first-order valence-electron chi connectivity index (χ1n) is 5.17. The predicted octanol–water partition coefficient (Wildman–Crippen LogP) is 2.86. The molecule has 0 unspecified atom stereocenters. The third-order valence-electron chi connectivity index (χ3n) is 2.17. The molecule has 0 N–H and O–H groups in total. The minimum atomic E-state index is 0.0147. The molecule has 0 aliphatic rings. The van der Waals surface area contributed by atoms with Crippen molar-refractivity contribution in [2.75, 3.05) is 13.7 Å². The summed E-state index contributed by atoms with van der Waals surface area (Å²) < 4.78 is 4.87. The minimum absolute atomic E-state index is 0.0147. The lowest BCUT2D eigenvalue weighted by Gasteiger charge is -1.95. The van der Waals surface area contributed by atoms with Crippen LogP contribution in [-0.4, -0.2) is 19.5 Å². The van der Waals surface area contributed by atoms with Crippen molar-refractivity contribution in [3.63, 3.8) is 0 Å². The van der Waals surface area contributed by atoms with Crippen LogP contribution in [0.5, 0.6) is 0 Å². The summed E-state index contributed by atoms with van der Waals surface area (Å²) in [5.41, 5.74) is 1.73. The number of hydrogen-bond donors (Lipinski definition) is 0. The van der Waals surface area contributed by atoms with E-state index in [4.69, 9.17) is 4.74 Å². The van der Waals surface area contributed by atoms with Crippen LogP contribution in [0.1, 0.15) is 12.5 Å². The van der Waals surface area contributed by atoms with Crippen molar-refractivity contribution in [3.8, 4) is 0 Å². The number of hydrogen-bond acceptors (Lipinski definition) is 2. The van der Waals surface area contributed by atoms with Gasteiger partial charge in [-0.3, -0.25) is 4.79 Å². The van der Waals surface area contributed by atoms with E-state index in [-0.39, 0.29) is 5.78 Å². The highest BCUT2D eigenvalue weighted by Crippen LogP contribution is 2.03. The third-order valence-corrected chi connectivity index (χ3v) is 2.17. The lowest BCUT2D eigenvalue weighted by Crippen LogP contribution is -1.96. The molecule has 0 saturated carbocycles. The molecule has 1 aromatic carbocycles. The van der Waals surface area contributed by atoms with E-state index in [9.17, 15) is 4.79 Å². The summed E-state index contributed by atoms with van der Waals surface area (Å²) in [5, 5.41) is 0. The van der Waals surface area contributed by atoms with Gasteiger partial charge < -0.3 is 4.74 Å². The summed E-state index contributed by atoms with van der Waals surface area (Å²) in [6, 6.07) is 9.74. The summed E-state index contributed by atoms with van der Waals surface area (Å²) in [6.45, 7) is 2.26. The van der Waals surface area contributed by atoms with E-state index in [1.54, 1.807) is 26.2 Å². The van der Waals surface area contributed by atoms with Crippen LogP contribution in [0, 0.1) is 0 Å². The first-order valence-corrected chi connectivity index (χ1v) is 5.17. The molecule has 1 rings (SSSR count). The average Bonchev–Trinajstić information content (AvgIpc) is 2.34. The van der Waals surface area contributed by atoms with Crippen molar-refractivity contribution >= 4 is 11.9 Å². The van der Waals surface area contributed by atoms with E-state index in [0.29, 0.717) is 12.2 Å². The number of ketones is 1. The van der Waals surface area contributed by atoms with Gasteiger partial charge in [-0.1, -0.05) is 42.5 Å². The van der Waals surface area contributed by atoms with Gasteiger partial charge in [0.05, 0.1) is 6.61 Å². The van der Waals surface area contributed by atoms with Gasteiger partial charge in [-0.2, -0.15) is 0 Å². The largest absolute Gasteiger partial charge is 0.381 e. The summed E-state index contributed by atoms with van der Waals surface area (Å²) in [4.78, 5) is 11.6. The summed E-state index contributed by atoms with van der Waals surface area (Å²) >= 11 is 0. The summed E-state index contributed by atoms with van der Waals surface area (Å²) in [7, 11) is 1.61. The fourth-order valence-corrected chi connectivity index (χ4v) is 1.18. The number of carbonyl (C=O) groups is 1. The Morgan fingerprint density at radius 2 is 2.00 bits per heavy atom. The van der Waals surface area contributed by atoms with Crippen molar-refractivity contribution in [2.24, 2.45) is 0 Å². The molecule has 1 aromatic rings. The standard InChI is InChI=1S/C14H16O2/c1-12(10-11-16-2)14(15)9-8-13-6-4-3-5-7-13/h3-10H,11H2,1-2H3/b9-8+,12-10+. The molecule has 0 fully saturated rings. The molecule has 2 heteroatoms. The Kier molecular flexibility index (Phi) is 5.23. The first kappa shape index (κ1) is 12.4. The number of allylic oxidation sites excluding steroid dienone is 2. The van der Waals surface area contributed by atoms with Gasteiger partial charge in [-0.25, -0.2) is 0 Å². The van der Waals surface area contributed by atoms with Gasteiger partial charge >= 0.3 is 0 Å². The fourth-order valence-electron chi connectivity index (χ4n) is 1.18. The smallest absolute Gasteiger partial charge is 0.181 e. The van der Waals surface area contributed by atoms with E-state index in [1.165, 1.54) is 0 Å². The van der Waals surface area contributed by atoms with E-state index >= 15 is 0 Å². The van der Waals surface area contributed by atoms with Gasteiger partial charge in [-0.05, 0) is 24.1 Å². The highest BCUT2D eigenvalue weighted by Gasteiger charge is 1.98. The zero-order chi connectivity index (χ0) is 11.8. The molecule has 0 saturated heterocycles. The molecule has 0 aliphatic carbocycles. The fraction of sp³-hybridized carbons (Fsp3) is 0.214. The van der Waals surface area contributed by atoms with Gasteiger partial charge in [0.1, 0.15) is 0 Å². The molecule has 0 spiro atoms. The Morgan fingerprint density at radius 1 is 1.31 bits per heavy atom. The van der Waals surface area contributed by atoms with Crippen LogP contribution >= 0.6 is 0 Å². The van der Waals surface area contributed by atoms with E-state index in [1.807, 2.05) is 36.4 Å². The zero-order valence-electron chi connectivity index (χ0n) is 9.64. The van der Waals surface area contributed by atoms with Crippen LogP contribution in [0.4, 0.5) is 0 Å². The molecule has 16 heavy (non-hydrogen) atoms. The molecule has 0 aromatic heterocycles. The molecule has 2 nitrogen and oxygen atoms in total. The topological polar surface area (TPSA) is 26.3 Å². The van der Waals surface area contributed by atoms with Gasteiger partial charge in [0.15, 0.2) is 5.78 Å². The maximum Gasteiger partial charge on any atom is 0.181 e. The van der Waals surface area contributed by atoms with Gasteiger partial charge in [0.25, 0.3) is 0 Å². The molecule has 0 aliphatic heterocycles. The average molecular weight is 216 g/mol. The Morgan fingerprint density at radius 3 is 2.62 bits per heavy atom. The Balaban J connectivity index is 2.61. The van der Waals surface area contributed by atoms with Crippen LogP contribution in [0.2, 0.25) is 0 Å². The van der Waals surface area contributed by atoms with Crippen LogP contribution in [0.25, 0.3) is 6.08 Å². The second-order valence-electron chi connectivity index (χ2n) is 3.45. The van der Waals surface area contributed by atoms with Gasteiger partial charge in [0.2, 0.25) is 0 Å². The second kappa shape index (κ2) is 6.75. The van der Waals surface area contributed by atoms with Crippen LogP contribution in [-0.2, 0) is 9.53 Å². The number of benzene rings is 1. The van der Waals surface area contributed by atoms with E-state index in [2.05, 4.69) is 0 Å². The number of methoxy groups -OCH3 is 1. The summed E-state index contributed by atoms with van der Waals surface area (Å²) in [5.74, 6) is 0.0147. The van der Waals surface area contributed by atoms with E-state index in [0.717, 1.165) is 5.56 Å². The monoisotopic (exact) mass is 216 g/mol. The van der Waals surface area contributed by atoms with E-state index < -0.39 is 0 Å². The van der Waals surface area contributed by atoms with Crippen molar-refractivity contribution in [1.82, 2.24) is 0 Å². The zero-order valence-corrected chi connectivity index (χ0v) is 9.64. The Labute approximate surface area is 96.2 Å². The lowest BCUT2D eigenvalue weighted by molar-refractivity contribution is -0.111. The molecule has 0 amide bonds. The van der Waals surface area contributed by atoms with Gasteiger partial charge in [-0.15, -0.1) is 0 Å². The highest BCUT2D eigenvalue weighted by molar-refractivity contribution is 6.05. The lowest BCUT2D eigenvalue weighted by atomic mass is 10.1. The first-order chi connectivity index (χ1) is 7.74. The quantitative estimate of drug-likeness (QED) is 0.707. The van der Waals surface area contributed by atoms with Crippen LogP contribution in [0.15, 0.2) is 48.1 Å². The highest BCUT2D eigenvalue weighted by atomic mass is 16.5. The van der Waals surface area contributed by atoms with Crippen molar-refractivity contribution in [1.29, 1.82) is 0 Å². The second-order valence-corrected chi connectivity index (χ2v) is 3.45. The Bertz CT molecular complexity index is 388. The molecule has 0 heterocycles. The summed E-state index contributed by atoms with van der Waals surface area (Å²) in [6.07, 6.45) is 5.17. The Hall–Kier alpha value is -1.67. The van der Waals surface area contributed by atoms with Crippen molar-refractivity contribution < 1.29 is 9.53 Å². The molecule has 0 bridgehead atoms. The maximum atomic E-state index is 11.6. The number of rotatable bonds is 5. The SMILES string of the molecule is COC/C=C(\C)C(=O)/C=C/c1ccccc1. The predicted molar refractivity (Wildman–Crippen MR) is 66.1 cm³/mol. The number of carbonyl (C=O) groups excluding carboxylic acids is 1.